The van der Waals surface area contributed by atoms with Crippen molar-refractivity contribution >= 4 is 34.1 Å². The van der Waals surface area contributed by atoms with Gasteiger partial charge in [0, 0.05) is 6.20 Å². The lowest BCUT2D eigenvalue weighted by Gasteiger charge is -2.07. The van der Waals surface area contributed by atoms with Gasteiger partial charge in [0.05, 0.1) is 17.1 Å². The summed E-state index contributed by atoms with van der Waals surface area (Å²) in [5.41, 5.74) is 8.00. The molecule has 90 valence electrons. The Labute approximate surface area is 109 Å². The molecule has 2 aromatic heterocycles. The van der Waals surface area contributed by atoms with Gasteiger partial charge in [-0.05, 0) is 36.3 Å². The van der Waals surface area contributed by atoms with E-state index in [0.29, 0.717) is 12.4 Å². The third-order valence-electron chi connectivity index (χ3n) is 2.41. The molecule has 0 fully saturated rings. The molecule has 0 bridgehead atoms. The van der Waals surface area contributed by atoms with E-state index in [4.69, 9.17) is 5.73 Å². The molecule has 4 nitrogen and oxygen atoms in total. The molecule has 3 N–H and O–H groups in total. The van der Waals surface area contributed by atoms with Crippen LogP contribution in [-0.4, -0.2) is 15.6 Å². The Kier molecular flexibility index (Phi) is 3.86. The number of hydrogen-bond donors (Lipinski definition) is 2. The molecule has 0 atom stereocenters. The summed E-state index contributed by atoms with van der Waals surface area (Å²) in [7, 11) is 0. The average Bonchev–Trinajstić information content (AvgIpc) is 2.69. The molecular formula is C11H14N4S2. The van der Waals surface area contributed by atoms with Gasteiger partial charge in [-0.1, -0.05) is 6.07 Å². The number of aryl methyl sites for hydroxylation is 1. The van der Waals surface area contributed by atoms with Gasteiger partial charge in [-0.15, -0.1) is 11.8 Å². The van der Waals surface area contributed by atoms with Gasteiger partial charge in [-0.3, -0.25) is 4.98 Å². The van der Waals surface area contributed by atoms with Crippen LogP contribution in [0, 0.1) is 6.92 Å². The zero-order valence-electron chi connectivity index (χ0n) is 9.73. The number of nitrogen functional groups attached to an aromatic ring is 1. The van der Waals surface area contributed by atoms with Crippen molar-refractivity contribution in [3.63, 3.8) is 0 Å². The van der Waals surface area contributed by atoms with Crippen molar-refractivity contribution in [3.8, 4) is 0 Å². The number of nitrogens with zero attached hydrogens (tertiary/aromatic N) is 2. The van der Waals surface area contributed by atoms with Gasteiger partial charge in [-0.2, -0.15) is 4.37 Å². The number of anilines is 2. The summed E-state index contributed by atoms with van der Waals surface area (Å²) < 4.78 is 4.14. The second kappa shape index (κ2) is 5.37. The van der Waals surface area contributed by atoms with Crippen LogP contribution in [0.5, 0.6) is 0 Å². The number of aromatic nitrogens is 2. The number of rotatable bonds is 4. The summed E-state index contributed by atoms with van der Waals surface area (Å²) in [6.45, 7) is 2.75. The molecule has 0 saturated heterocycles. The Morgan fingerprint density at radius 1 is 1.53 bits per heavy atom. The highest BCUT2D eigenvalue weighted by molar-refractivity contribution is 7.99. The zero-order chi connectivity index (χ0) is 12.3. The molecule has 0 radical (unpaired) electrons. The fourth-order valence-corrected chi connectivity index (χ4v) is 3.01. The Hall–Kier alpha value is -1.27. The van der Waals surface area contributed by atoms with Gasteiger partial charge >= 0.3 is 0 Å². The first-order valence-corrected chi connectivity index (χ1v) is 7.15. The Balaban J connectivity index is 2.10. The van der Waals surface area contributed by atoms with Gasteiger partial charge in [0.1, 0.15) is 5.00 Å². The van der Waals surface area contributed by atoms with Crippen molar-refractivity contribution in [2.75, 3.05) is 17.3 Å². The maximum Gasteiger partial charge on any atom is 0.153 e. The summed E-state index contributed by atoms with van der Waals surface area (Å²) >= 11 is 3.00. The molecule has 6 heteroatoms. The van der Waals surface area contributed by atoms with Crippen LogP contribution < -0.4 is 11.1 Å². The summed E-state index contributed by atoms with van der Waals surface area (Å²) in [5, 5.41) is 4.35. The van der Waals surface area contributed by atoms with E-state index >= 15 is 0 Å². The van der Waals surface area contributed by atoms with E-state index < -0.39 is 0 Å². The molecule has 0 spiro atoms. The maximum absolute atomic E-state index is 5.77. The molecule has 0 saturated carbocycles. The number of pyridine rings is 1. The predicted octanol–water partition coefficient (Wildman–Crippen LogP) is 2.76. The molecule has 2 aromatic rings. The first kappa shape index (κ1) is 12.2. The van der Waals surface area contributed by atoms with Crippen molar-refractivity contribution in [3.05, 3.63) is 29.6 Å². The summed E-state index contributed by atoms with van der Waals surface area (Å²) in [5.74, 6) is 0.600. The second-order valence-corrected chi connectivity index (χ2v) is 5.14. The minimum atomic E-state index is 0.600. The third-order valence-corrected chi connectivity index (χ3v) is 4.18. The van der Waals surface area contributed by atoms with Gasteiger partial charge < -0.3 is 11.1 Å². The van der Waals surface area contributed by atoms with Crippen molar-refractivity contribution in [2.45, 2.75) is 18.4 Å². The van der Waals surface area contributed by atoms with E-state index in [1.54, 1.807) is 18.0 Å². The molecule has 0 amide bonds. The van der Waals surface area contributed by atoms with Crippen molar-refractivity contribution in [2.24, 2.45) is 0 Å². The van der Waals surface area contributed by atoms with Crippen LogP contribution in [0.2, 0.25) is 0 Å². The van der Waals surface area contributed by atoms with Crippen LogP contribution >= 0.6 is 23.3 Å². The number of nitrogens with one attached hydrogen (secondary N) is 1. The van der Waals surface area contributed by atoms with Gasteiger partial charge in [-0.25, -0.2) is 0 Å². The van der Waals surface area contributed by atoms with E-state index in [2.05, 4.69) is 27.7 Å². The smallest absolute Gasteiger partial charge is 0.153 e. The van der Waals surface area contributed by atoms with E-state index in [9.17, 15) is 0 Å². The topological polar surface area (TPSA) is 63.8 Å². The van der Waals surface area contributed by atoms with E-state index in [0.717, 1.165) is 15.6 Å². The molecule has 17 heavy (non-hydrogen) atoms. The van der Waals surface area contributed by atoms with Crippen molar-refractivity contribution in [1.29, 1.82) is 0 Å². The Morgan fingerprint density at radius 2 is 2.35 bits per heavy atom. The molecule has 2 rings (SSSR count). The van der Waals surface area contributed by atoms with E-state index in [1.165, 1.54) is 17.1 Å². The lowest BCUT2D eigenvalue weighted by Crippen LogP contribution is -2.03. The summed E-state index contributed by atoms with van der Waals surface area (Å²) in [6.07, 6.45) is 3.80. The molecule has 2 heterocycles. The molecule has 0 aliphatic carbocycles. The highest BCUT2D eigenvalue weighted by atomic mass is 32.2. The van der Waals surface area contributed by atoms with Crippen LogP contribution in [0.1, 0.15) is 11.3 Å². The van der Waals surface area contributed by atoms with Crippen LogP contribution in [0.25, 0.3) is 0 Å². The minimum absolute atomic E-state index is 0.600. The molecule has 0 aliphatic heterocycles. The molecule has 0 aliphatic rings. The minimum Gasteiger partial charge on any atom is -0.382 e. The second-order valence-electron chi connectivity index (χ2n) is 3.55. The summed E-state index contributed by atoms with van der Waals surface area (Å²) in [6, 6.07) is 4.00. The average molecular weight is 266 g/mol. The largest absolute Gasteiger partial charge is 0.382 e. The highest BCUT2D eigenvalue weighted by Gasteiger charge is 2.10. The molecular weight excluding hydrogens is 252 g/mol. The first-order valence-electron chi connectivity index (χ1n) is 5.16. The van der Waals surface area contributed by atoms with Gasteiger partial charge in [0.25, 0.3) is 0 Å². The van der Waals surface area contributed by atoms with Crippen molar-refractivity contribution in [1.82, 2.24) is 9.36 Å². The fourth-order valence-electron chi connectivity index (χ4n) is 1.47. The molecule has 0 unspecified atom stereocenters. The number of thioether (sulfide) groups is 1. The van der Waals surface area contributed by atoms with Gasteiger partial charge in [0.15, 0.2) is 5.82 Å². The van der Waals surface area contributed by atoms with Crippen LogP contribution in [-0.2, 0) is 6.54 Å². The van der Waals surface area contributed by atoms with E-state index in [1.807, 2.05) is 12.3 Å². The fraction of sp³-hybridized carbons (Fsp3) is 0.273. The van der Waals surface area contributed by atoms with Crippen LogP contribution in [0.15, 0.2) is 23.2 Å². The zero-order valence-corrected chi connectivity index (χ0v) is 11.4. The lowest BCUT2D eigenvalue weighted by molar-refractivity contribution is 1.02. The van der Waals surface area contributed by atoms with Gasteiger partial charge in [0.2, 0.25) is 0 Å². The Morgan fingerprint density at radius 3 is 3.06 bits per heavy atom. The van der Waals surface area contributed by atoms with Crippen LogP contribution in [0.3, 0.4) is 0 Å². The monoisotopic (exact) mass is 266 g/mol. The van der Waals surface area contributed by atoms with Crippen LogP contribution in [0.4, 0.5) is 10.8 Å². The standard InChI is InChI=1S/C11H14N4S2/c1-7-4-3-5-13-8(7)6-14-11-9(16-2)10(12)15-17-11/h3-5,14H,6H2,1-2H3,(H2,12,15). The molecule has 0 aromatic carbocycles. The normalized spacial score (nSPS) is 10.5. The number of hydrogen-bond acceptors (Lipinski definition) is 6. The van der Waals surface area contributed by atoms with Crippen molar-refractivity contribution < 1.29 is 0 Å². The summed E-state index contributed by atoms with van der Waals surface area (Å²) in [4.78, 5) is 5.36. The SMILES string of the molecule is CSc1c(N)nsc1NCc1ncccc1C. The predicted molar refractivity (Wildman–Crippen MR) is 74.6 cm³/mol. The number of nitrogens with two attached hydrogens (primary N) is 1. The maximum atomic E-state index is 5.77. The van der Waals surface area contributed by atoms with E-state index in [-0.39, 0.29) is 0 Å². The Bertz CT molecular complexity index is 510. The third kappa shape index (κ3) is 2.70. The quantitative estimate of drug-likeness (QED) is 0.833. The first-order chi connectivity index (χ1) is 8.22. The lowest BCUT2D eigenvalue weighted by atomic mass is 10.2. The highest BCUT2D eigenvalue weighted by Crippen LogP contribution is 2.34.